The quantitative estimate of drug-likeness (QED) is 0.669. The SMILES string of the molecule is O=C(N[C@H]1CCCc2ccccc21)c1ccc(CN2CCc3ccccc3C2)cc1. The van der Waals surface area contributed by atoms with Crippen molar-refractivity contribution < 1.29 is 4.79 Å². The number of amides is 1. The molecule has 1 aliphatic heterocycles. The molecule has 0 spiro atoms. The first-order chi connectivity index (χ1) is 14.8. The van der Waals surface area contributed by atoms with Crippen LogP contribution in [0, 0.1) is 0 Å². The Bertz CT molecular complexity index is 1040. The van der Waals surface area contributed by atoms with Crippen molar-refractivity contribution in [2.24, 2.45) is 0 Å². The highest BCUT2D eigenvalue weighted by atomic mass is 16.1. The first-order valence-electron chi connectivity index (χ1n) is 11.0. The van der Waals surface area contributed by atoms with E-state index < -0.39 is 0 Å². The molecule has 0 unspecified atom stereocenters. The van der Waals surface area contributed by atoms with Gasteiger partial charge in [-0.2, -0.15) is 0 Å². The third kappa shape index (κ3) is 4.03. The molecule has 0 saturated heterocycles. The average Bonchev–Trinajstić information content (AvgIpc) is 2.80. The molecule has 1 heterocycles. The Balaban J connectivity index is 1.22. The van der Waals surface area contributed by atoms with Crippen LogP contribution in [0.5, 0.6) is 0 Å². The minimum Gasteiger partial charge on any atom is -0.345 e. The van der Waals surface area contributed by atoms with Gasteiger partial charge in [0, 0.05) is 25.2 Å². The number of benzene rings is 3. The van der Waals surface area contributed by atoms with Gasteiger partial charge in [-0.25, -0.2) is 0 Å². The van der Waals surface area contributed by atoms with Crippen molar-refractivity contribution >= 4 is 5.91 Å². The lowest BCUT2D eigenvalue weighted by atomic mass is 9.87. The van der Waals surface area contributed by atoms with Crippen LogP contribution < -0.4 is 5.32 Å². The lowest BCUT2D eigenvalue weighted by Gasteiger charge is -2.28. The van der Waals surface area contributed by atoms with Crippen LogP contribution in [-0.2, 0) is 25.9 Å². The number of hydrogen-bond acceptors (Lipinski definition) is 2. The molecule has 30 heavy (non-hydrogen) atoms. The summed E-state index contributed by atoms with van der Waals surface area (Å²) in [6.45, 7) is 3.01. The number of rotatable bonds is 4. The minimum atomic E-state index is 0.0233. The molecular weight excluding hydrogens is 368 g/mol. The van der Waals surface area contributed by atoms with Gasteiger partial charge in [-0.1, -0.05) is 60.7 Å². The first-order valence-corrected chi connectivity index (χ1v) is 11.0. The van der Waals surface area contributed by atoms with Gasteiger partial charge in [-0.3, -0.25) is 9.69 Å². The zero-order valence-electron chi connectivity index (χ0n) is 17.3. The normalized spacial score (nSPS) is 18.3. The molecule has 1 atom stereocenters. The fourth-order valence-corrected chi connectivity index (χ4v) is 4.85. The predicted octanol–water partition coefficient (Wildman–Crippen LogP) is 5.05. The van der Waals surface area contributed by atoms with E-state index in [0.717, 1.165) is 50.9 Å². The number of carbonyl (C=O) groups excluding carboxylic acids is 1. The van der Waals surface area contributed by atoms with Crippen LogP contribution in [0.2, 0.25) is 0 Å². The summed E-state index contributed by atoms with van der Waals surface area (Å²) in [5, 5.41) is 3.25. The van der Waals surface area contributed by atoms with Crippen molar-refractivity contribution in [2.45, 2.75) is 44.8 Å². The van der Waals surface area contributed by atoms with E-state index in [9.17, 15) is 4.79 Å². The lowest BCUT2D eigenvalue weighted by molar-refractivity contribution is 0.0932. The van der Waals surface area contributed by atoms with Crippen molar-refractivity contribution in [1.29, 1.82) is 0 Å². The van der Waals surface area contributed by atoms with E-state index in [1.165, 1.54) is 27.8 Å². The zero-order valence-corrected chi connectivity index (χ0v) is 17.3. The summed E-state index contributed by atoms with van der Waals surface area (Å²) >= 11 is 0. The Labute approximate surface area is 178 Å². The maximum Gasteiger partial charge on any atom is 0.251 e. The van der Waals surface area contributed by atoms with E-state index in [1.54, 1.807) is 0 Å². The summed E-state index contributed by atoms with van der Waals surface area (Å²) in [4.78, 5) is 15.3. The summed E-state index contributed by atoms with van der Waals surface area (Å²) in [5.74, 6) is 0.0233. The number of nitrogens with zero attached hydrogens (tertiary/aromatic N) is 1. The standard InChI is InChI=1S/C27H28N2O/c30-27(28-26-11-5-9-22-7-3-4-10-25(22)26)23-14-12-20(13-15-23)18-29-17-16-21-6-1-2-8-24(21)19-29/h1-4,6-8,10,12-15,26H,5,9,11,16-19H2,(H,28,30)/t26-/m0/s1. The Morgan fingerprint density at radius 1 is 0.867 bits per heavy atom. The molecule has 1 N–H and O–H groups in total. The number of aryl methyl sites for hydroxylation is 1. The summed E-state index contributed by atoms with van der Waals surface area (Å²) in [6.07, 6.45) is 4.36. The van der Waals surface area contributed by atoms with Crippen molar-refractivity contribution in [2.75, 3.05) is 6.54 Å². The topological polar surface area (TPSA) is 32.3 Å². The van der Waals surface area contributed by atoms with Gasteiger partial charge in [0.05, 0.1) is 6.04 Å². The predicted molar refractivity (Wildman–Crippen MR) is 120 cm³/mol. The zero-order chi connectivity index (χ0) is 20.3. The first kappa shape index (κ1) is 19.1. The van der Waals surface area contributed by atoms with Gasteiger partial charge >= 0.3 is 0 Å². The third-order valence-corrected chi connectivity index (χ3v) is 6.51. The average molecular weight is 397 g/mol. The molecule has 3 aromatic carbocycles. The van der Waals surface area contributed by atoms with Crippen LogP contribution in [0.15, 0.2) is 72.8 Å². The Morgan fingerprint density at radius 3 is 2.43 bits per heavy atom. The highest BCUT2D eigenvalue weighted by molar-refractivity contribution is 5.94. The van der Waals surface area contributed by atoms with Gasteiger partial charge < -0.3 is 5.32 Å². The molecule has 5 rings (SSSR count). The fraction of sp³-hybridized carbons (Fsp3) is 0.296. The largest absolute Gasteiger partial charge is 0.345 e. The van der Waals surface area contributed by atoms with Crippen LogP contribution >= 0.6 is 0 Å². The maximum atomic E-state index is 12.8. The Kier molecular flexibility index (Phi) is 5.37. The van der Waals surface area contributed by atoms with Crippen LogP contribution in [0.25, 0.3) is 0 Å². The van der Waals surface area contributed by atoms with E-state index >= 15 is 0 Å². The highest BCUT2D eigenvalue weighted by Gasteiger charge is 2.22. The minimum absolute atomic E-state index is 0.0233. The smallest absolute Gasteiger partial charge is 0.251 e. The molecule has 2 aliphatic rings. The molecule has 3 heteroatoms. The van der Waals surface area contributed by atoms with Crippen molar-refractivity contribution in [3.63, 3.8) is 0 Å². The van der Waals surface area contributed by atoms with Crippen molar-refractivity contribution in [3.05, 3.63) is 106 Å². The van der Waals surface area contributed by atoms with Gasteiger partial charge in [-0.15, -0.1) is 0 Å². The van der Waals surface area contributed by atoms with Gasteiger partial charge in [0.15, 0.2) is 0 Å². The second-order valence-electron chi connectivity index (χ2n) is 8.54. The van der Waals surface area contributed by atoms with Crippen molar-refractivity contribution in [1.82, 2.24) is 10.2 Å². The summed E-state index contributed by atoms with van der Waals surface area (Å²) in [7, 11) is 0. The van der Waals surface area contributed by atoms with Gasteiger partial charge in [0.2, 0.25) is 0 Å². The molecule has 1 aliphatic carbocycles. The van der Waals surface area contributed by atoms with E-state index in [0.29, 0.717) is 0 Å². The molecule has 0 fully saturated rings. The molecule has 152 valence electrons. The van der Waals surface area contributed by atoms with Crippen LogP contribution in [0.3, 0.4) is 0 Å². The fourth-order valence-electron chi connectivity index (χ4n) is 4.85. The number of carbonyl (C=O) groups is 1. The molecule has 1 amide bonds. The van der Waals surface area contributed by atoms with Gasteiger partial charge in [0.25, 0.3) is 5.91 Å². The second kappa shape index (κ2) is 8.45. The summed E-state index contributed by atoms with van der Waals surface area (Å²) in [6, 6.07) is 25.5. The molecule has 3 aromatic rings. The molecule has 3 nitrogen and oxygen atoms in total. The number of nitrogens with one attached hydrogen (secondary N) is 1. The van der Waals surface area contributed by atoms with Crippen LogP contribution in [0.1, 0.15) is 57.1 Å². The summed E-state index contributed by atoms with van der Waals surface area (Å²) < 4.78 is 0. The van der Waals surface area contributed by atoms with Gasteiger partial charge in [0.1, 0.15) is 0 Å². The molecule has 0 aromatic heterocycles. The molecule has 0 bridgehead atoms. The molecular formula is C27H28N2O. The van der Waals surface area contributed by atoms with Crippen LogP contribution in [0.4, 0.5) is 0 Å². The van der Waals surface area contributed by atoms with Crippen LogP contribution in [-0.4, -0.2) is 17.4 Å². The second-order valence-corrected chi connectivity index (χ2v) is 8.54. The van der Waals surface area contributed by atoms with Crippen molar-refractivity contribution in [3.8, 4) is 0 Å². The highest BCUT2D eigenvalue weighted by Crippen LogP contribution is 2.29. The Morgan fingerprint density at radius 2 is 1.60 bits per heavy atom. The van der Waals surface area contributed by atoms with E-state index in [2.05, 4.69) is 70.9 Å². The van der Waals surface area contributed by atoms with E-state index in [4.69, 9.17) is 0 Å². The number of hydrogen-bond donors (Lipinski definition) is 1. The lowest BCUT2D eigenvalue weighted by Crippen LogP contribution is -2.31. The Hall–Kier alpha value is -2.91. The van der Waals surface area contributed by atoms with E-state index in [1.807, 2.05) is 12.1 Å². The monoisotopic (exact) mass is 396 g/mol. The van der Waals surface area contributed by atoms with Gasteiger partial charge in [-0.05, 0) is 65.6 Å². The number of fused-ring (bicyclic) bond motifs is 2. The van der Waals surface area contributed by atoms with E-state index in [-0.39, 0.29) is 11.9 Å². The maximum absolute atomic E-state index is 12.8. The summed E-state index contributed by atoms with van der Waals surface area (Å²) in [5.41, 5.74) is 7.56. The molecule has 0 radical (unpaired) electrons. The third-order valence-electron chi connectivity index (χ3n) is 6.51. The molecule has 0 saturated carbocycles.